The fourth-order valence-electron chi connectivity index (χ4n) is 1.97. The van der Waals surface area contributed by atoms with E-state index in [1.165, 1.54) is 11.1 Å². The van der Waals surface area contributed by atoms with E-state index in [4.69, 9.17) is 10.5 Å². The lowest BCUT2D eigenvalue weighted by Gasteiger charge is -2.26. The highest BCUT2D eigenvalue weighted by molar-refractivity contribution is 5.76. The van der Waals surface area contributed by atoms with Gasteiger partial charge >= 0.3 is 0 Å². The third-order valence-electron chi connectivity index (χ3n) is 3.57. The lowest BCUT2D eigenvalue weighted by Crippen LogP contribution is -2.39. The molecule has 0 heterocycles. The van der Waals surface area contributed by atoms with E-state index in [0.717, 1.165) is 0 Å². The maximum atomic E-state index is 11.9. The molecule has 0 aromatic heterocycles. The highest BCUT2D eigenvalue weighted by Gasteiger charge is 2.22. The van der Waals surface area contributed by atoms with Crippen LogP contribution >= 0.6 is 0 Å². The van der Waals surface area contributed by atoms with Crippen molar-refractivity contribution in [2.45, 2.75) is 38.7 Å². The molecule has 0 spiro atoms. The lowest BCUT2D eigenvalue weighted by molar-refractivity contribution is -0.123. The number of methoxy groups -OCH3 is 1. The van der Waals surface area contributed by atoms with Crippen LogP contribution in [0.5, 0.6) is 0 Å². The molecule has 0 aliphatic heterocycles. The van der Waals surface area contributed by atoms with Crippen LogP contribution in [0, 0.1) is 6.92 Å². The Bertz CT molecular complexity index is 423. The van der Waals surface area contributed by atoms with Crippen LogP contribution in [0.4, 0.5) is 0 Å². The van der Waals surface area contributed by atoms with Gasteiger partial charge in [-0.1, -0.05) is 43.7 Å². The number of carbonyl (C=O) groups excluding carboxylic acids is 1. The first-order valence-electron chi connectivity index (χ1n) is 6.95. The van der Waals surface area contributed by atoms with Gasteiger partial charge in [-0.15, -0.1) is 0 Å². The number of hydrogen-bond acceptors (Lipinski definition) is 3. The molecule has 1 aromatic rings. The van der Waals surface area contributed by atoms with Crippen molar-refractivity contribution in [1.29, 1.82) is 0 Å². The molecule has 112 valence electrons. The molecule has 0 bridgehead atoms. The standard InChI is InChI=1S/C16H26N2O2/c1-12-5-7-13(8-6-12)16(2,3)11-18-15(19)9-14(10-17)20-4/h5-8,14H,9-11,17H2,1-4H3,(H,18,19). The van der Waals surface area contributed by atoms with Crippen molar-refractivity contribution in [3.05, 3.63) is 35.4 Å². The molecule has 4 nitrogen and oxygen atoms in total. The van der Waals surface area contributed by atoms with Gasteiger partial charge < -0.3 is 15.8 Å². The lowest BCUT2D eigenvalue weighted by atomic mass is 9.84. The van der Waals surface area contributed by atoms with E-state index in [9.17, 15) is 4.79 Å². The van der Waals surface area contributed by atoms with Gasteiger partial charge in [0.25, 0.3) is 0 Å². The molecule has 0 radical (unpaired) electrons. The van der Waals surface area contributed by atoms with Crippen LogP contribution < -0.4 is 11.1 Å². The molecular formula is C16H26N2O2. The smallest absolute Gasteiger partial charge is 0.222 e. The summed E-state index contributed by atoms with van der Waals surface area (Å²) < 4.78 is 5.11. The van der Waals surface area contributed by atoms with Crippen molar-refractivity contribution < 1.29 is 9.53 Å². The number of rotatable bonds is 7. The molecule has 0 saturated heterocycles. The maximum Gasteiger partial charge on any atom is 0.222 e. The van der Waals surface area contributed by atoms with E-state index in [0.29, 0.717) is 19.5 Å². The van der Waals surface area contributed by atoms with Gasteiger partial charge in [-0.3, -0.25) is 4.79 Å². The second-order valence-electron chi connectivity index (χ2n) is 5.82. The summed E-state index contributed by atoms with van der Waals surface area (Å²) in [5.74, 6) is -0.0255. The summed E-state index contributed by atoms with van der Waals surface area (Å²) in [6.45, 7) is 7.25. The highest BCUT2D eigenvalue weighted by Crippen LogP contribution is 2.22. The average Bonchev–Trinajstić information content (AvgIpc) is 2.43. The summed E-state index contributed by atoms with van der Waals surface area (Å²) in [4.78, 5) is 11.9. The topological polar surface area (TPSA) is 64.3 Å². The molecule has 1 atom stereocenters. The third-order valence-corrected chi connectivity index (χ3v) is 3.57. The van der Waals surface area contributed by atoms with E-state index in [2.05, 4.69) is 50.4 Å². The van der Waals surface area contributed by atoms with E-state index in [1.54, 1.807) is 7.11 Å². The number of carbonyl (C=O) groups is 1. The first-order chi connectivity index (χ1) is 9.39. The Kier molecular flexibility index (Phi) is 6.17. The first-order valence-corrected chi connectivity index (χ1v) is 6.95. The van der Waals surface area contributed by atoms with Crippen LogP contribution in [0.3, 0.4) is 0 Å². The molecule has 20 heavy (non-hydrogen) atoms. The van der Waals surface area contributed by atoms with Crippen molar-refractivity contribution in [3.63, 3.8) is 0 Å². The SMILES string of the molecule is COC(CN)CC(=O)NCC(C)(C)c1ccc(C)cc1. The second kappa shape index (κ2) is 7.41. The Labute approximate surface area is 121 Å². The Hall–Kier alpha value is -1.39. The summed E-state index contributed by atoms with van der Waals surface area (Å²) in [6, 6.07) is 8.40. The Balaban J connectivity index is 2.54. The summed E-state index contributed by atoms with van der Waals surface area (Å²) in [6.07, 6.45) is 0.0919. The van der Waals surface area contributed by atoms with Gasteiger partial charge in [0.1, 0.15) is 0 Å². The van der Waals surface area contributed by atoms with Crippen LogP contribution in [0.1, 0.15) is 31.4 Å². The number of ether oxygens (including phenoxy) is 1. The quantitative estimate of drug-likeness (QED) is 0.798. The number of hydrogen-bond donors (Lipinski definition) is 2. The number of amides is 1. The van der Waals surface area contributed by atoms with Gasteiger partial charge in [0.15, 0.2) is 0 Å². The minimum absolute atomic E-state index is 0.0255. The minimum atomic E-state index is -0.211. The molecule has 1 rings (SSSR count). The fourth-order valence-corrected chi connectivity index (χ4v) is 1.97. The minimum Gasteiger partial charge on any atom is -0.380 e. The van der Waals surface area contributed by atoms with Crippen LogP contribution in [0.2, 0.25) is 0 Å². The summed E-state index contributed by atoms with van der Waals surface area (Å²) in [7, 11) is 1.57. The van der Waals surface area contributed by atoms with Crippen molar-refractivity contribution in [2.75, 3.05) is 20.2 Å². The van der Waals surface area contributed by atoms with Crippen molar-refractivity contribution in [2.24, 2.45) is 5.73 Å². The molecule has 0 fully saturated rings. The Morgan fingerprint density at radius 3 is 2.45 bits per heavy atom. The molecule has 1 unspecified atom stereocenters. The van der Waals surface area contributed by atoms with E-state index in [1.807, 2.05) is 0 Å². The Morgan fingerprint density at radius 1 is 1.35 bits per heavy atom. The van der Waals surface area contributed by atoms with Crippen LogP contribution in [-0.4, -0.2) is 32.2 Å². The van der Waals surface area contributed by atoms with Gasteiger partial charge in [0.2, 0.25) is 5.91 Å². The molecule has 4 heteroatoms. The molecule has 1 aromatic carbocycles. The van der Waals surface area contributed by atoms with Gasteiger partial charge in [-0.05, 0) is 12.5 Å². The molecule has 1 amide bonds. The van der Waals surface area contributed by atoms with Crippen LogP contribution in [-0.2, 0) is 14.9 Å². The van der Waals surface area contributed by atoms with E-state index in [-0.39, 0.29) is 17.4 Å². The predicted molar refractivity (Wildman–Crippen MR) is 81.7 cm³/mol. The number of nitrogens with two attached hydrogens (primary N) is 1. The normalized spacial score (nSPS) is 13.1. The third kappa shape index (κ3) is 4.94. The summed E-state index contributed by atoms with van der Waals surface area (Å²) in [5.41, 5.74) is 7.86. The van der Waals surface area contributed by atoms with Gasteiger partial charge in [-0.25, -0.2) is 0 Å². The zero-order valence-electron chi connectivity index (χ0n) is 12.9. The van der Waals surface area contributed by atoms with Crippen molar-refractivity contribution in [1.82, 2.24) is 5.32 Å². The van der Waals surface area contributed by atoms with Crippen LogP contribution in [0.15, 0.2) is 24.3 Å². The molecule has 0 aliphatic rings. The van der Waals surface area contributed by atoms with Gasteiger partial charge in [-0.2, -0.15) is 0 Å². The van der Waals surface area contributed by atoms with Gasteiger partial charge in [0.05, 0.1) is 12.5 Å². The largest absolute Gasteiger partial charge is 0.380 e. The van der Waals surface area contributed by atoms with E-state index < -0.39 is 0 Å². The average molecular weight is 278 g/mol. The summed E-state index contributed by atoms with van der Waals surface area (Å²) in [5, 5.41) is 2.96. The van der Waals surface area contributed by atoms with Gasteiger partial charge in [0, 0.05) is 25.6 Å². The second-order valence-corrected chi connectivity index (χ2v) is 5.82. The molecular weight excluding hydrogens is 252 g/mol. The fraction of sp³-hybridized carbons (Fsp3) is 0.562. The number of benzene rings is 1. The highest BCUT2D eigenvalue weighted by atomic mass is 16.5. The maximum absolute atomic E-state index is 11.9. The van der Waals surface area contributed by atoms with Crippen molar-refractivity contribution in [3.8, 4) is 0 Å². The molecule has 0 aliphatic carbocycles. The number of nitrogens with one attached hydrogen (secondary N) is 1. The monoisotopic (exact) mass is 278 g/mol. The number of aryl methyl sites for hydroxylation is 1. The zero-order chi connectivity index (χ0) is 15.2. The van der Waals surface area contributed by atoms with E-state index >= 15 is 0 Å². The summed E-state index contributed by atoms with van der Waals surface area (Å²) >= 11 is 0. The molecule has 3 N–H and O–H groups in total. The molecule has 0 saturated carbocycles. The first kappa shape index (κ1) is 16.7. The zero-order valence-corrected chi connectivity index (χ0v) is 12.9. The Morgan fingerprint density at radius 2 is 1.95 bits per heavy atom. The van der Waals surface area contributed by atoms with Crippen LogP contribution in [0.25, 0.3) is 0 Å². The van der Waals surface area contributed by atoms with Crippen molar-refractivity contribution >= 4 is 5.91 Å². The predicted octanol–water partition coefficient (Wildman–Crippen LogP) is 1.75.